The Labute approximate surface area is 171 Å². The number of H-pyrrole nitrogens is 1. The van der Waals surface area contributed by atoms with Crippen molar-refractivity contribution in [1.29, 1.82) is 0 Å². The summed E-state index contributed by atoms with van der Waals surface area (Å²) in [4.78, 5) is 35.7. The maximum absolute atomic E-state index is 13.1. The number of nitrogens with zero attached hydrogens (tertiary/aromatic N) is 3. The van der Waals surface area contributed by atoms with Crippen LogP contribution in [0.1, 0.15) is 18.3 Å². The van der Waals surface area contributed by atoms with Gasteiger partial charge >= 0.3 is 6.61 Å². The van der Waals surface area contributed by atoms with Gasteiger partial charge in [0.1, 0.15) is 17.4 Å². The third kappa shape index (κ3) is 4.13. The highest BCUT2D eigenvalue weighted by molar-refractivity contribution is 5.97. The maximum Gasteiger partial charge on any atom is 0.387 e. The summed E-state index contributed by atoms with van der Waals surface area (Å²) >= 11 is 0. The first kappa shape index (κ1) is 20.3. The standard InChI is InChI=1S/C20H22F2N4O4/c1-12-9-13-14(3-2-4-15(13)30-20(21)22)26(12)19(28)10-16-23-17(11-18(27)24-16)25-5-7-29-8-6-25/h2-4,11-12,20H,5-10H2,1H3,(H,23,24,27)/t12-/m0/s1. The normalized spacial score (nSPS) is 18.6. The van der Waals surface area contributed by atoms with Crippen LogP contribution in [0, 0.1) is 0 Å². The number of rotatable bonds is 5. The van der Waals surface area contributed by atoms with Gasteiger partial charge in [0.05, 0.1) is 25.3 Å². The highest BCUT2D eigenvalue weighted by atomic mass is 19.3. The Morgan fingerprint density at radius 3 is 2.87 bits per heavy atom. The number of halogens is 2. The number of fused-ring (bicyclic) bond motifs is 1. The molecule has 30 heavy (non-hydrogen) atoms. The lowest BCUT2D eigenvalue weighted by Gasteiger charge is -2.28. The molecule has 1 amide bonds. The Morgan fingerprint density at radius 1 is 1.37 bits per heavy atom. The number of aromatic nitrogens is 2. The zero-order valence-corrected chi connectivity index (χ0v) is 16.4. The third-order valence-corrected chi connectivity index (χ3v) is 5.22. The number of morpholine rings is 1. The molecule has 8 nitrogen and oxygen atoms in total. The number of nitrogens with one attached hydrogen (secondary N) is 1. The van der Waals surface area contributed by atoms with Crippen LogP contribution in [0.15, 0.2) is 29.1 Å². The summed E-state index contributed by atoms with van der Waals surface area (Å²) < 4.78 is 35.3. The lowest BCUT2D eigenvalue weighted by Crippen LogP contribution is -2.39. The molecule has 2 aliphatic rings. The molecule has 1 fully saturated rings. The number of hydrogen-bond acceptors (Lipinski definition) is 6. The fourth-order valence-corrected chi connectivity index (χ4v) is 3.96. The van der Waals surface area contributed by atoms with E-state index in [-0.39, 0.29) is 35.5 Å². The van der Waals surface area contributed by atoms with Crippen LogP contribution < -0.4 is 20.1 Å². The first-order valence-corrected chi connectivity index (χ1v) is 9.74. The molecule has 1 N–H and O–H groups in total. The zero-order chi connectivity index (χ0) is 21.3. The minimum Gasteiger partial charge on any atom is -0.434 e. The summed E-state index contributed by atoms with van der Waals surface area (Å²) in [6.45, 7) is 1.24. The molecule has 1 aromatic carbocycles. The van der Waals surface area contributed by atoms with Crippen LogP contribution in [0.2, 0.25) is 0 Å². The predicted octanol–water partition coefficient (Wildman–Crippen LogP) is 1.73. The van der Waals surface area contributed by atoms with Crippen molar-refractivity contribution in [2.45, 2.75) is 32.4 Å². The topological polar surface area (TPSA) is 87.8 Å². The van der Waals surface area contributed by atoms with Crippen LogP contribution in [0.3, 0.4) is 0 Å². The molecule has 10 heteroatoms. The fraction of sp³-hybridized carbons (Fsp3) is 0.450. The minimum atomic E-state index is -2.94. The Balaban J connectivity index is 1.57. The highest BCUT2D eigenvalue weighted by Crippen LogP contribution is 2.39. The number of alkyl halides is 2. The first-order valence-electron chi connectivity index (χ1n) is 9.74. The van der Waals surface area contributed by atoms with Gasteiger partial charge in [0.15, 0.2) is 0 Å². The largest absolute Gasteiger partial charge is 0.434 e. The summed E-state index contributed by atoms with van der Waals surface area (Å²) in [5.41, 5.74) is 0.774. The van der Waals surface area contributed by atoms with Gasteiger partial charge in [0.25, 0.3) is 5.56 Å². The Hall–Kier alpha value is -3.01. The van der Waals surface area contributed by atoms with Gasteiger partial charge in [-0.25, -0.2) is 4.98 Å². The average Bonchev–Trinajstić information content (AvgIpc) is 3.05. The summed E-state index contributed by atoms with van der Waals surface area (Å²) in [7, 11) is 0. The number of carbonyl (C=O) groups excluding carboxylic acids is 1. The Bertz CT molecular complexity index is 991. The molecule has 0 spiro atoms. The third-order valence-electron chi connectivity index (χ3n) is 5.22. The van der Waals surface area contributed by atoms with Crippen molar-refractivity contribution in [3.05, 3.63) is 46.0 Å². The molecule has 1 saturated heterocycles. The number of aromatic amines is 1. The molecule has 1 aromatic heterocycles. The smallest absolute Gasteiger partial charge is 0.387 e. The van der Waals surface area contributed by atoms with E-state index in [1.165, 1.54) is 12.1 Å². The molecule has 0 radical (unpaired) electrons. The monoisotopic (exact) mass is 420 g/mol. The van der Waals surface area contributed by atoms with E-state index in [2.05, 4.69) is 14.7 Å². The van der Waals surface area contributed by atoms with Gasteiger partial charge in [-0.3, -0.25) is 9.59 Å². The van der Waals surface area contributed by atoms with Crippen LogP contribution in [0.5, 0.6) is 5.75 Å². The second-order valence-electron chi connectivity index (χ2n) is 7.28. The number of anilines is 2. The van der Waals surface area contributed by atoms with Crippen molar-refractivity contribution >= 4 is 17.4 Å². The lowest BCUT2D eigenvalue weighted by atomic mass is 10.1. The van der Waals surface area contributed by atoms with Crippen LogP contribution >= 0.6 is 0 Å². The number of hydrogen-bond donors (Lipinski definition) is 1. The van der Waals surface area contributed by atoms with Gasteiger partial charge < -0.3 is 24.3 Å². The van der Waals surface area contributed by atoms with Gasteiger partial charge in [-0.15, -0.1) is 0 Å². The van der Waals surface area contributed by atoms with Crippen LogP contribution in [0.25, 0.3) is 0 Å². The zero-order valence-electron chi connectivity index (χ0n) is 16.4. The van der Waals surface area contributed by atoms with E-state index in [1.54, 1.807) is 17.0 Å². The quantitative estimate of drug-likeness (QED) is 0.793. The van der Waals surface area contributed by atoms with E-state index in [0.29, 0.717) is 49.8 Å². The molecule has 0 unspecified atom stereocenters. The molecule has 2 aliphatic heterocycles. The van der Waals surface area contributed by atoms with Crippen LogP contribution in [-0.2, 0) is 22.4 Å². The predicted molar refractivity (Wildman–Crippen MR) is 105 cm³/mol. The highest BCUT2D eigenvalue weighted by Gasteiger charge is 2.33. The average molecular weight is 420 g/mol. The van der Waals surface area contributed by atoms with Gasteiger partial charge in [0, 0.05) is 30.8 Å². The summed E-state index contributed by atoms with van der Waals surface area (Å²) in [5, 5.41) is 0. The van der Waals surface area contributed by atoms with Crippen molar-refractivity contribution in [3.63, 3.8) is 0 Å². The summed E-state index contributed by atoms with van der Waals surface area (Å²) in [6.07, 6.45) is 0.291. The van der Waals surface area contributed by atoms with Gasteiger partial charge in [-0.1, -0.05) is 6.07 Å². The molecule has 0 bridgehead atoms. The molecule has 1 atom stereocenters. The molecule has 4 rings (SSSR count). The van der Waals surface area contributed by atoms with Gasteiger partial charge in [-0.05, 0) is 25.5 Å². The van der Waals surface area contributed by atoms with Crippen molar-refractivity contribution in [1.82, 2.24) is 9.97 Å². The van der Waals surface area contributed by atoms with E-state index in [0.717, 1.165) is 0 Å². The Morgan fingerprint density at radius 2 is 2.13 bits per heavy atom. The van der Waals surface area contributed by atoms with Crippen molar-refractivity contribution in [3.8, 4) is 5.75 Å². The van der Waals surface area contributed by atoms with E-state index in [9.17, 15) is 18.4 Å². The van der Waals surface area contributed by atoms with Gasteiger partial charge in [-0.2, -0.15) is 8.78 Å². The first-order chi connectivity index (χ1) is 14.4. The summed E-state index contributed by atoms with van der Waals surface area (Å²) in [6, 6.07) is 5.92. The number of benzene rings is 1. The molecule has 0 saturated carbocycles. The molecule has 3 heterocycles. The number of ether oxygens (including phenoxy) is 2. The van der Waals surface area contributed by atoms with E-state index < -0.39 is 6.61 Å². The maximum atomic E-state index is 13.1. The minimum absolute atomic E-state index is 0.0745. The van der Waals surface area contributed by atoms with E-state index >= 15 is 0 Å². The molecular weight excluding hydrogens is 398 g/mol. The molecule has 2 aromatic rings. The van der Waals surface area contributed by atoms with Crippen LogP contribution in [-0.4, -0.2) is 54.8 Å². The molecular formula is C20H22F2N4O4. The molecule has 0 aliphatic carbocycles. The second kappa shape index (κ2) is 8.39. The SMILES string of the molecule is C[C@H]1Cc2c(OC(F)F)cccc2N1C(=O)Cc1nc(N2CCOCC2)cc(=O)[nH]1. The van der Waals surface area contributed by atoms with Gasteiger partial charge in [0.2, 0.25) is 5.91 Å². The van der Waals surface area contributed by atoms with Crippen LogP contribution in [0.4, 0.5) is 20.3 Å². The number of carbonyl (C=O) groups is 1. The van der Waals surface area contributed by atoms with Crippen molar-refractivity contribution in [2.75, 3.05) is 36.1 Å². The van der Waals surface area contributed by atoms with E-state index in [4.69, 9.17) is 4.74 Å². The lowest BCUT2D eigenvalue weighted by molar-refractivity contribution is -0.118. The van der Waals surface area contributed by atoms with Crippen molar-refractivity contribution in [2.24, 2.45) is 0 Å². The fourth-order valence-electron chi connectivity index (χ4n) is 3.96. The van der Waals surface area contributed by atoms with E-state index in [1.807, 2.05) is 11.8 Å². The Kier molecular flexibility index (Phi) is 5.67. The van der Waals surface area contributed by atoms with Crippen molar-refractivity contribution < 1.29 is 23.0 Å². The molecule has 160 valence electrons. The second-order valence-corrected chi connectivity index (χ2v) is 7.28. The summed E-state index contributed by atoms with van der Waals surface area (Å²) in [5.74, 6) is 0.560. The number of amides is 1.